The molecule has 3 nitrogen and oxygen atoms in total. The Balaban J connectivity index is 3.07. The lowest BCUT2D eigenvalue weighted by Gasteiger charge is -2.13. The van der Waals surface area contributed by atoms with Crippen LogP contribution < -0.4 is 0 Å². The molecule has 0 saturated carbocycles. The molecule has 0 fully saturated rings. The maximum atomic E-state index is 11.4. The van der Waals surface area contributed by atoms with Gasteiger partial charge in [-0.15, -0.1) is 0 Å². The molecule has 1 aliphatic carbocycles. The van der Waals surface area contributed by atoms with Crippen LogP contribution in [0.2, 0.25) is 0 Å². The van der Waals surface area contributed by atoms with E-state index in [1.807, 2.05) is 25.2 Å². The molecule has 0 spiro atoms. The third-order valence-electron chi connectivity index (χ3n) is 1.98. The fourth-order valence-corrected chi connectivity index (χ4v) is 1.22. The fraction of sp³-hybridized carbons (Fsp3) is 0.250. The van der Waals surface area contributed by atoms with Crippen molar-refractivity contribution in [1.29, 1.82) is 0 Å². The molecule has 0 aromatic carbocycles. The summed E-state index contributed by atoms with van der Waals surface area (Å²) in [6.45, 7) is 1.92. The zero-order chi connectivity index (χ0) is 11.3. The van der Waals surface area contributed by atoms with Crippen molar-refractivity contribution >= 4 is 5.78 Å². The minimum atomic E-state index is -0.174. The fourth-order valence-electron chi connectivity index (χ4n) is 1.22. The summed E-state index contributed by atoms with van der Waals surface area (Å²) in [7, 11) is 3.01. The van der Waals surface area contributed by atoms with Crippen LogP contribution >= 0.6 is 0 Å². The van der Waals surface area contributed by atoms with Gasteiger partial charge in [-0.1, -0.05) is 18.2 Å². The highest BCUT2D eigenvalue weighted by Crippen LogP contribution is 2.21. The summed E-state index contributed by atoms with van der Waals surface area (Å²) in [6, 6.07) is 0. The largest absolute Gasteiger partial charge is 0.496 e. The summed E-state index contributed by atoms with van der Waals surface area (Å²) in [5.74, 6) is 0.706. The molecule has 0 amide bonds. The predicted molar refractivity (Wildman–Crippen MR) is 58.1 cm³/mol. The van der Waals surface area contributed by atoms with E-state index in [1.165, 1.54) is 20.3 Å². The normalized spacial score (nSPS) is 19.1. The van der Waals surface area contributed by atoms with Gasteiger partial charge in [-0.05, 0) is 13.0 Å². The molecule has 0 bridgehead atoms. The van der Waals surface area contributed by atoms with Crippen LogP contribution in [0.5, 0.6) is 0 Å². The Bertz CT molecular complexity index is 370. The summed E-state index contributed by atoms with van der Waals surface area (Å²) in [4.78, 5) is 11.4. The van der Waals surface area contributed by atoms with Crippen LogP contribution in [0.3, 0.4) is 0 Å². The number of hydrogen-bond acceptors (Lipinski definition) is 3. The van der Waals surface area contributed by atoms with Gasteiger partial charge in [0.05, 0.1) is 14.2 Å². The summed E-state index contributed by atoms with van der Waals surface area (Å²) in [6.07, 6.45) is 8.73. The van der Waals surface area contributed by atoms with E-state index in [0.717, 1.165) is 5.57 Å². The SMILES string of the molecule is C/C=C/C=C1/C=C(OC)C(=O)C=C1OC. The molecule has 3 heteroatoms. The number of allylic oxidation sites excluding steroid dienone is 5. The van der Waals surface area contributed by atoms with Crippen LogP contribution in [0.4, 0.5) is 0 Å². The Kier molecular flexibility index (Phi) is 3.92. The Labute approximate surface area is 89.4 Å². The Hall–Kier alpha value is -1.77. The number of carbonyl (C=O) groups excluding carboxylic acids is 1. The zero-order valence-corrected chi connectivity index (χ0v) is 9.11. The number of methoxy groups -OCH3 is 2. The summed E-state index contributed by atoms with van der Waals surface area (Å²) >= 11 is 0. The molecule has 80 valence electrons. The molecule has 0 atom stereocenters. The van der Waals surface area contributed by atoms with E-state index in [1.54, 1.807) is 6.08 Å². The van der Waals surface area contributed by atoms with Crippen molar-refractivity contribution < 1.29 is 14.3 Å². The monoisotopic (exact) mass is 206 g/mol. The van der Waals surface area contributed by atoms with Crippen molar-refractivity contribution in [3.05, 3.63) is 47.5 Å². The van der Waals surface area contributed by atoms with Crippen LogP contribution in [-0.4, -0.2) is 20.0 Å². The lowest BCUT2D eigenvalue weighted by Crippen LogP contribution is -2.09. The zero-order valence-electron chi connectivity index (χ0n) is 9.11. The van der Waals surface area contributed by atoms with E-state index in [4.69, 9.17) is 9.47 Å². The highest BCUT2D eigenvalue weighted by molar-refractivity contribution is 6.05. The van der Waals surface area contributed by atoms with Crippen LogP contribution in [0.1, 0.15) is 6.92 Å². The third-order valence-corrected chi connectivity index (χ3v) is 1.98. The highest BCUT2D eigenvalue weighted by Gasteiger charge is 2.17. The molecule has 0 radical (unpaired) electrons. The van der Waals surface area contributed by atoms with Gasteiger partial charge in [0, 0.05) is 11.6 Å². The molecular weight excluding hydrogens is 192 g/mol. The lowest BCUT2D eigenvalue weighted by atomic mass is 10.0. The molecule has 0 aliphatic heterocycles. The van der Waals surface area contributed by atoms with Crippen molar-refractivity contribution in [2.75, 3.05) is 14.2 Å². The Morgan fingerprint density at radius 1 is 1.13 bits per heavy atom. The number of ether oxygens (including phenoxy) is 2. The minimum Gasteiger partial charge on any atom is -0.496 e. The van der Waals surface area contributed by atoms with E-state index in [2.05, 4.69) is 0 Å². The Morgan fingerprint density at radius 3 is 2.33 bits per heavy atom. The average molecular weight is 206 g/mol. The number of carbonyl (C=O) groups is 1. The molecule has 0 unspecified atom stereocenters. The maximum Gasteiger partial charge on any atom is 0.224 e. The van der Waals surface area contributed by atoms with Gasteiger partial charge < -0.3 is 9.47 Å². The average Bonchev–Trinajstić information content (AvgIpc) is 2.26. The first kappa shape index (κ1) is 11.3. The van der Waals surface area contributed by atoms with Crippen molar-refractivity contribution in [1.82, 2.24) is 0 Å². The third kappa shape index (κ3) is 2.59. The van der Waals surface area contributed by atoms with Gasteiger partial charge in [0.1, 0.15) is 5.76 Å². The van der Waals surface area contributed by atoms with Crippen LogP contribution in [-0.2, 0) is 14.3 Å². The van der Waals surface area contributed by atoms with Gasteiger partial charge in [-0.3, -0.25) is 4.79 Å². The van der Waals surface area contributed by atoms with Gasteiger partial charge in [0.15, 0.2) is 5.76 Å². The molecule has 1 aliphatic rings. The van der Waals surface area contributed by atoms with Crippen molar-refractivity contribution in [3.63, 3.8) is 0 Å². The molecule has 0 heterocycles. The molecular formula is C12H14O3. The quantitative estimate of drug-likeness (QED) is 0.709. The topological polar surface area (TPSA) is 35.5 Å². The van der Waals surface area contributed by atoms with Gasteiger partial charge in [0.2, 0.25) is 5.78 Å². The second-order valence-corrected chi connectivity index (χ2v) is 2.94. The van der Waals surface area contributed by atoms with Crippen molar-refractivity contribution in [2.24, 2.45) is 0 Å². The molecule has 0 aromatic heterocycles. The maximum absolute atomic E-state index is 11.4. The van der Waals surface area contributed by atoms with Crippen LogP contribution in [0.25, 0.3) is 0 Å². The number of rotatable bonds is 3. The summed E-state index contributed by atoms with van der Waals surface area (Å²) < 4.78 is 10.1. The first-order valence-electron chi connectivity index (χ1n) is 4.62. The van der Waals surface area contributed by atoms with Gasteiger partial charge in [-0.2, -0.15) is 0 Å². The molecule has 0 saturated heterocycles. The highest BCUT2D eigenvalue weighted by atomic mass is 16.5. The van der Waals surface area contributed by atoms with E-state index in [-0.39, 0.29) is 5.78 Å². The lowest BCUT2D eigenvalue weighted by molar-refractivity contribution is -0.114. The van der Waals surface area contributed by atoms with Crippen LogP contribution in [0.15, 0.2) is 47.5 Å². The standard InChI is InChI=1S/C12H14O3/c1-4-5-6-9-7-12(15-3)10(13)8-11(9)14-2/h4-8H,1-3H3/b5-4+,9-6-. The first-order chi connectivity index (χ1) is 7.22. The molecule has 0 N–H and O–H groups in total. The van der Waals surface area contributed by atoms with Crippen molar-refractivity contribution in [2.45, 2.75) is 6.92 Å². The van der Waals surface area contributed by atoms with Gasteiger partial charge in [-0.25, -0.2) is 0 Å². The Morgan fingerprint density at radius 2 is 1.80 bits per heavy atom. The molecule has 0 aromatic rings. The second-order valence-electron chi connectivity index (χ2n) is 2.94. The number of ketones is 1. The van der Waals surface area contributed by atoms with E-state index in [9.17, 15) is 4.79 Å². The van der Waals surface area contributed by atoms with E-state index in [0.29, 0.717) is 11.5 Å². The number of hydrogen-bond donors (Lipinski definition) is 0. The van der Waals surface area contributed by atoms with Crippen LogP contribution in [0, 0.1) is 0 Å². The van der Waals surface area contributed by atoms with E-state index < -0.39 is 0 Å². The smallest absolute Gasteiger partial charge is 0.224 e. The van der Waals surface area contributed by atoms with E-state index >= 15 is 0 Å². The summed E-state index contributed by atoms with van der Waals surface area (Å²) in [5, 5.41) is 0. The first-order valence-corrected chi connectivity index (χ1v) is 4.62. The minimum absolute atomic E-state index is 0.174. The predicted octanol–water partition coefficient (Wildman–Crippen LogP) is 2.13. The molecule has 1 rings (SSSR count). The van der Waals surface area contributed by atoms with Gasteiger partial charge in [0.25, 0.3) is 0 Å². The second kappa shape index (κ2) is 5.20. The van der Waals surface area contributed by atoms with Gasteiger partial charge >= 0.3 is 0 Å². The molecule has 15 heavy (non-hydrogen) atoms. The summed E-state index contributed by atoms with van der Waals surface area (Å²) in [5.41, 5.74) is 0.826. The van der Waals surface area contributed by atoms with Crippen molar-refractivity contribution in [3.8, 4) is 0 Å².